The van der Waals surface area contributed by atoms with Gasteiger partial charge in [0.2, 0.25) is 5.95 Å². The van der Waals surface area contributed by atoms with Crippen molar-refractivity contribution in [1.29, 1.82) is 0 Å². The SMILES string of the molecule is Brc1ccc(C2=C[C@@H](c3ccc(Br)cc3)n3c(nc4ccccc43)N2)cc1. The molecule has 3 aromatic carbocycles. The average molecular weight is 481 g/mol. The van der Waals surface area contributed by atoms with Crippen molar-refractivity contribution in [2.24, 2.45) is 0 Å². The molecule has 0 aliphatic carbocycles. The Balaban J connectivity index is 1.71. The van der Waals surface area contributed by atoms with Gasteiger partial charge in [-0.3, -0.25) is 4.57 Å². The highest BCUT2D eigenvalue weighted by atomic mass is 79.9. The molecule has 0 spiro atoms. The molecule has 0 bridgehead atoms. The average Bonchev–Trinajstić information content (AvgIpc) is 3.07. The maximum atomic E-state index is 4.83. The number of nitrogens with zero attached hydrogens (tertiary/aromatic N) is 2. The fourth-order valence-corrected chi connectivity index (χ4v) is 4.04. The van der Waals surface area contributed by atoms with Gasteiger partial charge in [0.1, 0.15) is 0 Å². The number of allylic oxidation sites excluding steroid dienone is 1. The van der Waals surface area contributed by atoms with Crippen LogP contribution in [0.25, 0.3) is 16.7 Å². The minimum atomic E-state index is 0.0698. The Labute approximate surface area is 174 Å². The summed E-state index contributed by atoms with van der Waals surface area (Å²) in [4.78, 5) is 4.83. The van der Waals surface area contributed by atoms with Crippen molar-refractivity contribution in [3.8, 4) is 0 Å². The lowest BCUT2D eigenvalue weighted by molar-refractivity contribution is 0.720. The fraction of sp³-hybridized carbons (Fsp3) is 0.0455. The molecular weight excluding hydrogens is 466 g/mol. The first-order valence-electron chi connectivity index (χ1n) is 8.66. The Morgan fingerprint density at radius 3 is 2.22 bits per heavy atom. The van der Waals surface area contributed by atoms with Gasteiger partial charge in [0, 0.05) is 14.6 Å². The molecule has 5 heteroatoms. The Bertz CT molecular complexity index is 1160. The molecule has 0 amide bonds. The van der Waals surface area contributed by atoms with E-state index < -0.39 is 0 Å². The molecule has 0 saturated heterocycles. The van der Waals surface area contributed by atoms with Crippen molar-refractivity contribution in [2.75, 3.05) is 5.32 Å². The molecule has 3 nitrogen and oxygen atoms in total. The smallest absolute Gasteiger partial charge is 0.209 e. The number of hydrogen-bond donors (Lipinski definition) is 1. The Kier molecular flexibility index (Phi) is 4.14. The fourth-order valence-electron chi connectivity index (χ4n) is 3.51. The van der Waals surface area contributed by atoms with Gasteiger partial charge in [0.15, 0.2) is 0 Å². The maximum absolute atomic E-state index is 4.83. The van der Waals surface area contributed by atoms with Crippen molar-refractivity contribution in [1.82, 2.24) is 9.55 Å². The Hall–Kier alpha value is -2.37. The normalized spacial score (nSPS) is 15.9. The summed E-state index contributed by atoms with van der Waals surface area (Å²) >= 11 is 7.05. The standard InChI is InChI=1S/C22H15Br2N3/c23-16-9-5-14(6-10-16)19-13-21(15-7-11-17(24)12-8-15)27-20-4-2-1-3-18(20)25-22(27)26-19/h1-13,21H,(H,25,26)/t21-/m0/s1. The van der Waals surface area contributed by atoms with Crippen LogP contribution in [0.3, 0.4) is 0 Å². The number of para-hydroxylation sites is 2. The summed E-state index contributed by atoms with van der Waals surface area (Å²) in [5.74, 6) is 0.865. The molecule has 27 heavy (non-hydrogen) atoms. The van der Waals surface area contributed by atoms with Crippen molar-refractivity contribution < 1.29 is 0 Å². The van der Waals surface area contributed by atoms with E-state index >= 15 is 0 Å². The molecule has 2 heterocycles. The third-order valence-corrected chi connectivity index (χ3v) is 5.87. The first kappa shape index (κ1) is 16.8. The summed E-state index contributed by atoms with van der Waals surface area (Å²) in [6.07, 6.45) is 2.27. The van der Waals surface area contributed by atoms with Gasteiger partial charge >= 0.3 is 0 Å². The first-order chi connectivity index (χ1) is 13.2. The van der Waals surface area contributed by atoms with Crippen LogP contribution in [0.2, 0.25) is 0 Å². The molecule has 1 aliphatic heterocycles. The lowest BCUT2D eigenvalue weighted by atomic mass is 10.0. The summed E-state index contributed by atoms with van der Waals surface area (Å²) < 4.78 is 4.41. The number of fused-ring (bicyclic) bond motifs is 3. The molecule has 0 radical (unpaired) electrons. The summed E-state index contributed by atoms with van der Waals surface area (Å²) in [5.41, 5.74) is 5.54. The van der Waals surface area contributed by atoms with E-state index in [1.54, 1.807) is 0 Å². The molecule has 0 fully saturated rings. The largest absolute Gasteiger partial charge is 0.325 e. The van der Waals surface area contributed by atoms with E-state index in [0.717, 1.165) is 37.2 Å². The number of rotatable bonds is 2. The zero-order valence-electron chi connectivity index (χ0n) is 14.2. The van der Waals surface area contributed by atoms with Gasteiger partial charge < -0.3 is 5.32 Å². The van der Waals surface area contributed by atoms with Crippen molar-refractivity contribution in [3.63, 3.8) is 0 Å². The van der Waals surface area contributed by atoms with Crippen LogP contribution in [0.5, 0.6) is 0 Å². The number of benzene rings is 3. The van der Waals surface area contributed by atoms with Gasteiger partial charge in [-0.05, 0) is 53.6 Å². The van der Waals surface area contributed by atoms with Gasteiger partial charge in [-0.25, -0.2) is 4.98 Å². The summed E-state index contributed by atoms with van der Waals surface area (Å²) in [6, 6.07) is 25.2. The molecule has 1 N–H and O–H groups in total. The number of halogens is 2. The lowest BCUT2D eigenvalue weighted by Gasteiger charge is -2.26. The van der Waals surface area contributed by atoms with Crippen LogP contribution >= 0.6 is 31.9 Å². The van der Waals surface area contributed by atoms with Crippen LogP contribution in [-0.2, 0) is 0 Å². The summed E-state index contributed by atoms with van der Waals surface area (Å²) in [5, 5.41) is 3.52. The van der Waals surface area contributed by atoms with E-state index in [4.69, 9.17) is 4.98 Å². The second-order valence-electron chi connectivity index (χ2n) is 6.50. The minimum absolute atomic E-state index is 0.0698. The molecule has 1 aliphatic rings. The monoisotopic (exact) mass is 479 g/mol. The van der Waals surface area contributed by atoms with Crippen LogP contribution in [0.15, 0.2) is 87.8 Å². The van der Waals surface area contributed by atoms with Gasteiger partial charge in [0.05, 0.1) is 17.1 Å². The topological polar surface area (TPSA) is 29.9 Å². The van der Waals surface area contributed by atoms with E-state index in [-0.39, 0.29) is 6.04 Å². The van der Waals surface area contributed by atoms with Crippen LogP contribution in [0.1, 0.15) is 17.2 Å². The summed E-state index contributed by atoms with van der Waals surface area (Å²) in [6.45, 7) is 0. The van der Waals surface area contributed by atoms with Gasteiger partial charge in [0.25, 0.3) is 0 Å². The van der Waals surface area contributed by atoms with Gasteiger partial charge in [-0.1, -0.05) is 68.3 Å². The first-order valence-corrected chi connectivity index (χ1v) is 10.2. The van der Waals surface area contributed by atoms with E-state index in [1.807, 2.05) is 6.07 Å². The second-order valence-corrected chi connectivity index (χ2v) is 8.33. The number of aromatic nitrogens is 2. The lowest BCUT2D eigenvalue weighted by Crippen LogP contribution is -2.19. The van der Waals surface area contributed by atoms with Crippen molar-refractivity contribution in [3.05, 3.63) is 98.9 Å². The van der Waals surface area contributed by atoms with Crippen LogP contribution in [-0.4, -0.2) is 9.55 Å². The zero-order chi connectivity index (χ0) is 18.4. The number of anilines is 1. The van der Waals surface area contributed by atoms with E-state index in [0.29, 0.717) is 0 Å². The molecule has 0 unspecified atom stereocenters. The van der Waals surface area contributed by atoms with Crippen molar-refractivity contribution in [2.45, 2.75) is 6.04 Å². The molecule has 1 aromatic heterocycles. The van der Waals surface area contributed by atoms with Crippen LogP contribution < -0.4 is 5.32 Å². The number of hydrogen-bond acceptors (Lipinski definition) is 2. The number of imidazole rings is 1. The predicted molar refractivity (Wildman–Crippen MR) is 118 cm³/mol. The van der Waals surface area contributed by atoms with Crippen molar-refractivity contribution >= 4 is 54.5 Å². The maximum Gasteiger partial charge on any atom is 0.209 e. The Morgan fingerprint density at radius 1 is 0.815 bits per heavy atom. The highest BCUT2D eigenvalue weighted by Gasteiger charge is 2.25. The number of nitrogens with one attached hydrogen (secondary N) is 1. The minimum Gasteiger partial charge on any atom is -0.325 e. The third kappa shape index (κ3) is 3.01. The molecule has 5 rings (SSSR count). The molecule has 0 saturated carbocycles. The quantitative estimate of drug-likeness (QED) is 0.349. The van der Waals surface area contributed by atoms with Crippen LogP contribution in [0.4, 0.5) is 5.95 Å². The zero-order valence-corrected chi connectivity index (χ0v) is 17.4. The predicted octanol–water partition coefficient (Wildman–Crippen LogP) is 6.62. The van der Waals surface area contributed by atoms with Crippen LogP contribution in [0, 0.1) is 0 Å². The second kappa shape index (κ2) is 6.66. The highest BCUT2D eigenvalue weighted by Crippen LogP contribution is 2.37. The molecule has 132 valence electrons. The summed E-state index contributed by atoms with van der Waals surface area (Å²) in [7, 11) is 0. The van der Waals surface area contributed by atoms with E-state index in [9.17, 15) is 0 Å². The molecule has 4 aromatic rings. The molecular formula is C22H15Br2N3. The van der Waals surface area contributed by atoms with Gasteiger partial charge in [-0.2, -0.15) is 0 Å². The Morgan fingerprint density at radius 2 is 1.48 bits per heavy atom. The molecule has 1 atom stereocenters. The van der Waals surface area contributed by atoms with E-state index in [1.165, 1.54) is 5.56 Å². The highest BCUT2D eigenvalue weighted by molar-refractivity contribution is 9.10. The third-order valence-electron chi connectivity index (χ3n) is 4.81. The van der Waals surface area contributed by atoms with Gasteiger partial charge in [-0.15, -0.1) is 0 Å². The van der Waals surface area contributed by atoms with E-state index in [2.05, 4.69) is 115 Å².